The molecule has 2 aromatic rings. The van der Waals surface area contributed by atoms with Crippen LogP contribution in [0.1, 0.15) is 54.7 Å². The van der Waals surface area contributed by atoms with Crippen LogP contribution in [0.4, 0.5) is 0 Å². The Balaban J connectivity index is 0.00000193. The van der Waals surface area contributed by atoms with E-state index < -0.39 is 5.60 Å². The Labute approximate surface area is 210 Å². The van der Waals surface area contributed by atoms with E-state index in [0.717, 1.165) is 69.5 Å². The van der Waals surface area contributed by atoms with Gasteiger partial charge >= 0.3 is 0 Å². The van der Waals surface area contributed by atoms with Crippen LogP contribution in [0.15, 0.2) is 48.5 Å². The molecule has 0 spiro atoms. The van der Waals surface area contributed by atoms with Crippen LogP contribution < -0.4 is 10.1 Å². The first kappa shape index (κ1) is 27.4. The van der Waals surface area contributed by atoms with Gasteiger partial charge in [0.05, 0.1) is 11.2 Å². The maximum Gasteiger partial charge on any atom is 0.137 e. The number of aliphatic hydroxyl groups is 1. The van der Waals surface area contributed by atoms with Gasteiger partial charge in [-0.25, -0.2) is 0 Å². The molecule has 5 nitrogen and oxygen atoms in total. The van der Waals surface area contributed by atoms with Gasteiger partial charge in [0.2, 0.25) is 0 Å². The molecule has 1 saturated heterocycles. The predicted octanol–water partition coefficient (Wildman–Crippen LogP) is 4.66. The molecule has 2 N–H and O–H groups in total. The van der Waals surface area contributed by atoms with E-state index in [4.69, 9.17) is 4.74 Å². The fourth-order valence-electron chi connectivity index (χ4n) is 4.96. The summed E-state index contributed by atoms with van der Waals surface area (Å²) >= 11 is 0. The van der Waals surface area contributed by atoms with Crippen LogP contribution in [-0.2, 0) is 6.61 Å². The van der Waals surface area contributed by atoms with E-state index in [1.165, 1.54) is 6.42 Å². The van der Waals surface area contributed by atoms with E-state index in [9.17, 15) is 10.4 Å². The van der Waals surface area contributed by atoms with Gasteiger partial charge in [0, 0.05) is 38.6 Å². The van der Waals surface area contributed by atoms with Crippen molar-refractivity contribution in [1.29, 1.82) is 5.26 Å². The second-order valence-electron chi connectivity index (χ2n) is 8.91. The fraction of sp³-hybridized carbons (Fsp3) is 0.500. The van der Waals surface area contributed by atoms with Crippen molar-refractivity contribution in [2.24, 2.45) is 0 Å². The van der Waals surface area contributed by atoms with Gasteiger partial charge in [-0.3, -0.25) is 0 Å². The number of hydrogen-bond donors (Lipinski definition) is 2. The lowest BCUT2D eigenvalue weighted by molar-refractivity contribution is -0.0316. The van der Waals surface area contributed by atoms with Crippen molar-refractivity contribution in [3.05, 3.63) is 65.2 Å². The SMILES string of the molecule is Cl.Cl.N#Cc1cc(C(CN2CCNCC2)C2(O)CCCCC2)ccc1OCc1ccccc1. The highest BCUT2D eigenvalue weighted by Crippen LogP contribution is 2.41. The summed E-state index contributed by atoms with van der Waals surface area (Å²) in [5.41, 5.74) is 1.95. The molecule has 33 heavy (non-hydrogen) atoms. The standard InChI is InChI=1S/C26H33N3O2.2ClH/c27-18-23-17-22(9-10-25(23)31-20-21-7-3-1-4-8-21)24(19-29-15-13-28-14-16-29)26(30)11-5-2-6-12-26;;/h1,3-4,7-10,17,24,28,30H,2,5-6,11-16,19-20H2;2*1H. The zero-order valence-electron chi connectivity index (χ0n) is 19.0. The van der Waals surface area contributed by atoms with Gasteiger partial charge in [0.15, 0.2) is 0 Å². The number of benzene rings is 2. The average molecular weight is 492 g/mol. The highest BCUT2D eigenvalue weighted by Gasteiger charge is 2.40. The lowest BCUT2D eigenvalue weighted by atomic mass is 9.72. The van der Waals surface area contributed by atoms with E-state index >= 15 is 0 Å². The van der Waals surface area contributed by atoms with Crippen LogP contribution in [-0.4, -0.2) is 48.3 Å². The molecule has 1 saturated carbocycles. The number of ether oxygens (including phenoxy) is 1. The number of hydrogen-bond acceptors (Lipinski definition) is 5. The molecule has 7 heteroatoms. The number of halogens is 2. The Bertz CT molecular complexity index is 892. The van der Waals surface area contributed by atoms with Gasteiger partial charge in [-0.1, -0.05) is 55.7 Å². The van der Waals surface area contributed by atoms with E-state index in [0.29, 0.717) is 17.9 Å². The molecule has 4 rings (SSSR count). The topological polar surface area (TPSA) is 68.5 Å². The summed E-state index contributed by atoms with van der Waals surface area (Å²) in [4.78, 5) is 2.44. The summed E-state index contributed by atoms with van der Waals surface area (Å²) in [5.74, 6) is 0.604. The fourth-order valence-corrected chi connectivity index (χ4v) is 4.96. The summed E-state index contributed by atoms with van der Waals surface area (Å²) < 4.78 is 5.97. The third-order valence-electron chi connectivity index (χ3n) is 6.78. The number of nitrogens with zero attached hydrogens (tertiary/aromatic N) is 2. The molecule has 1 heterocycles. The van der Waals surface area contributed by atoms with Gasteiger partial charge in [-0.05, 0) is 36.1 Å². The van der Waals surface area contributed by atoms with Crippen molar-refractivity contribution < 1.29 is 9.84 Å². The first-order valence-electron chi connectivity index (χ1n) is 11.5. The van der Waals surface area contributed by atoms with Crippen LogP contribution in [0.5, 0.6) is 5.75 Å². The maximum atomic E-state index is 11.6. The lowest BCUT2D eigenvalue weighted by Crippen LogP contribution is -2.49. The summed E-state index contributed by atoms with van der Waals surface area (Å²) in [6.45, 7) is 5.23. The average Bonchev–Trinajstić information content (AvgIpc) is 2.83. The highest BCUT2D eigenvalue weighted by molar-refractivity contribution is 5.85. The smallest absolute Gasteiger partial charge is 0.137 e. The zero-order valence-corrected chi connectivity index (χ0v) is 20.7. The first-order chi connectivity index (χ1) is 15.2. The molecule has 1 aliphatic carbocycles. The monoisotopic (exact) mass is 491 g/mol. The third-order valence-corrected chi connectivity index (χ3v) is 6.78. The van der Waals surface area contributed by atoms with Crippen molar-refractivity contribution in [2.75, 3.05) is 32.7 Å². The van der Waals surface area contributed by atoms with Gasteiger partial charge in [0.1, 0.15) is 18.4 Å². The molecule has 180 valence electrons. The molecule has 1 unspecified atom stereocenters. The van der Waals surface area contributed by atoms with Crippen molar-refractivity contribution in [1.82, 2.24) is 10.2 Å². The van der Waals surface area contributed by atoms with E-state index in [1.54, 1.807) is 0 Å². The molecule has 1 atom stereocenters. The molecular weight excluding hydrogens is 457 g/mol. The number of nitriles is 1. The summed E-state index contributed by atoms with van der Waals surface area (Å²) in [7, 11) is 0. The van der Waals surface area contributed by atoms with Crippen molar-refractivity contribution in [3.8, 4) is 11.8 Å². The van der Waals surface area contributed by atoms with Crippen LogP contribution >= 0.6 is 24.8 Å². The Morgan fingerprint density at radius 2 is 1.73 bits per heavy atom. The van der Waals surface area contributed by atoms with Crippen molar-refractivity contribution in [2.45, 2.75) is 50.2 Å². The summed E-state index contributed by atoms with van der Waals surface area (Å²) in [6, 6.07) is 18.2. The number of piperazine rings is 1. The number of rotatable bonds is 7. The quantitative estimate of drug-likeness (QED) is 0.588. The Kier molecular flexibility index (Phi) is 11.0. The lowest BCUT2D eigenvalue weighted by Gasteiger charge is -2.42. The molecule has 2 aliphatic rings. The summed E-state index contributed by atoms with van der Waals surface area (Å²) in [6.07, 6.45) is 4.99. The van der Waals surface area contributed by atoms with Gasteiger partial charge in [0.25, 0.3) is 0 Å². The normalized spacial score (nSPS) is 18.8. The minimum atomic E-state index is -0.706. The van der Waals surface area contributed by atoms with E-state index in [-0.39, 0.29) is 30.7 Å². The van der Waals surface area contributed by atoms with Crippen LogP contribution in [0.25, 0.3) is 0 Å². The van der Waals surface area contributed by atoms with Gasteiger partial charge < -0.3 is 20.1 Å². The Hall–Kier alpha value is -1.81. The number of nitrogens with one attached hydrogen (secondary N) is 1. The second kappa shape index (κ2) is 13.2. The zero-order chi connectivity index (χ0) is 21.5. The van der Waals surface area contributed by atoms with Gasteiger partial charge in [-0.15, -0.1) is 24.8 Å². The summed E-state index contributed by atoms with van der Waals surface area (Å²) in [5, 5.41) is 24.9. The molecule has 0 radical (unpaired) electrons. The highest BCUT2D eigenvalue weighted by atomic mass is 35.5. The van der Waals surface area contributed by atoms with Gasteiger partial charge in [-0.2, -0.15) is 5.26 Å². The third kappa shape index (κ3) is 7.09. The predicted molar refractivity (Wildman–Crippen MR) is 137 cm³/mol. The van der Waals surface area contributed by atoms with E-state index in [1.807, 2.05) is 42.5 Å². The largest absolute Gasteiger partial charge is 0.488 e. The molecule has 2 fully saturated rings. The van der Waals surface area contributed by atoms with E-state index in [2.05, 4.69) is 22.4 Å². The molecule has 2 aromatic carbocycles. The van der Waals surface area contributed by atoms with Crippen LogP contribution in [0.2, 0.25) is 0 Å². The minimum absolute atomic E-state index is 0. The molecular formula is C26H35Cl2N3O2. The maximum absolute atomic E-state index is 11.6. The van der Waals surface area contributed by atoms with Crippen LogP contribution in [0.3, 0.4) is 0 Å². The first-order valence-corrected chi connectivity index (χ1v) is 11.5. The molecule has 0 bridgehead atoms. The Morgan fingerprint density at radius 1 is 1.03 bits per heavy atom. The minimum Gasteiger partial charge on any atom is -0.488 e. The molecule has 1 aliphatic heterocycles. The molecule has 0 amide bonds. The van der Waals surface area contributed by atoms with Crippen LogP contribution in [0, 0.1) is 11.3 Å². The molecule has 0 aromatic heterocycles. The second-order valence-corrected chi connectivity index (χ2v) is 8.91. The van der Waals surface area contributed by atoms with Crippen molar-refractivity contribution >= 4 is 24.8 Å². The Morgan fingerprint density at radius 3 is 2.39 bits per heavy atom. The van der Waals surface area contributed by atoms with Crippen molar-refractivity contribution in [3.63, 3.8) is 0 Å².